The Labute approximate surface area is 200 Å². The average Bonchev–Trinajstić information content (AvgIpc) is 3.34. The Morgan fingerprint density at radius 2 is 1.76 bits per heavy atom. The first kappa shape index (κ1) is 22.3. The van der Waals surface area contributed by atoms with E-state index in [1.54, 1.807) is 30.3 Å². The number of aryl methyl sites for hydroxylation is 1. The second kappa shape index (κ2) is 8.72. The molecule has 2 N–H and O–H groups in total. The highest BCUT2D eigenvalue weighted by atomic mass is 32.2. The first-order chi connectivity index (χ1) is 16.4. The number of rotatable bonds is 6. The topological polar surface area (TPSA) is 76.7 Å². The maximum Gasteiger partial charge on any atom is 0.262 e. The lowest BCUT2D eigenvalue weighted by Crippen LogP contribution is -2.29. The summed E-state index contributed by atoms with van der Waals surface area (Å²) in [6.45, 7) is 2.09. The third-order valence-electron chi connectivity index (χ3n) is 6.73. The van der Waals surface area contributed by atoms with Crippen molar-refractivity contribution < 1.29 is 17.9 Å². The molecule has 0 saturated carbocycles. The van der Waals surface area contributed by atoms with Gasteiger partial charge in [0.2, 0.25) is 0 Å². The van der Waals surface area contributed by atoms with Crippen LogP contribution >= 0.6 is 0 Å². The van der Waals surface area contributed by atoms with E-state index >= 15 is 0 Å². The average molecular weight is 477 g/mol. The van der Waals surface area contributed by atoms with Crippen LogP contribution in [0, 0.1) is 12.8 Å². The molecule has 1 heterocycles. The fourth-order valence-electron chi connectivity index (χ4n) is 4.94. The number of sulfonamides is 1. The van der Waals surface area contributed by atoms with Crippen molar-refractivity contribution in [3.8, 4) is 11.5 Å². The second-order valence-electron chi connectivity index (χ2n) is 8.81. The van der Waals surface area contributed by atoms with Crippen molar-refractivity contribution in [2.75, 3.05) is 24.3 Å². The standard InChI is InChI=1S/C27H28N2O4S/c1-17-7-9-18(10-8-17)27-22-6-4-5-21(22)23-16-20(12-13-24(23)28-27)34(30,31)29-25-15-19(32-2)11-14-26(25)33-3/h4-5,7-16,21-22,27-29H,6H2,1-3H3/t21-,22+,27+/m0/s1. The number of fused-ring (bicyclic) bond motifs is 3. The summed E-state index contributed by atoms with van der Waals surface area (Å²) in [6, 6.07) is 19.1. The fourth-order valence-corrected chi connectivity index (χ4v) is 6.04. The summed E-state index contributed by atoms with van der Waals surface area (Å²) in [4.78, 5) is 0.214. The van der Waals surface area contributed by atoms with Crippen molar-refractivity contribution in [3.63, 3.8) is 0 Å². The van der Waals surface area contributed by atoms with Gasteiger partial charge in [-0.05, 0) is 60.7 Å². The van der Waals surface area contributed by atoms with E-state index < -0.39 is 10.0 Å². The molecule has 0 radical (unpaired) electrons. The molecule has 3 aromatic rings. The molecule has 0 amide bonds. The highest BCUT2D eigenvalue weighted by molar-refractivity contribution is 7.92. The molecular formula is C27H28N2O4S. The highest BCUT2D eigenvalue weighted by Gasteiger charge is 2.38. The van der Waals surface area contributed by atoms with Gasteiger partial charge < -0.3 is 14.8 Å². The Balaban J connectivity index is 1.48. The molecule has 1 aliphatic heterocycles. The van der Waals surface area contributed by atoms with E-state index in [0.717, 1.165) is 17.7 Å². The third kappa shape index (κ3) is 4.01. The summed E-state index contributed by atoms with van der Waals surface area (Å²) in [6.07, 6.45) is 5.36. The third-order valence-corrected chi connectivity index (χ3v) is 8.10. The van der Waals surface area contributed by atoms with Gasteiger partial charge in [-0.3, -0.25) is 4.72 Å². The van der Waals surface area contributed by atoms with Crippen molar-refractivity contribution in [2.24, 2.45) is 5.92 Å². The number of allylic oxidation sites excluding steroid dienone is 2. The minimum Gasteiger partial charge on any atom is -0.497 e. The van der Waals surface area contributed by atoms with Gasteiger partial charge in [-0.25, -0.2) is 8.42 Å². The van der Waals surface area contributed by atoms with Gasteiger partial charge in [0.15, 0.2) is 0 Å². The maximum absolute atomic E-state index is 13.3. The number of ether oxygens (including phenoxy) is 2. The summed E-state index contributed by atoms with van der Waals surface area (Å²) in [5.41, 5.74) is 4.78. The molecule has 176 valence electrons. The first-order valence-corrected chi connectivity index (χ1v) is 12.8. The normalized spacial score (nSPS) is 20.7. The van der Waals surface area contributed by atoms with Gasteiger partial charge in [-0.15, -0.1) is 0 Å². The van der Waals surface area contributed by atoms with Gasteiger partial charge in [0.1, 0.15) is 11.5 Å². The Bertz CT molecular complexity index is 1350. The lowest BCUT2D eigenvalue weighted by Gasteiger charge is -2.37. The van der Waals surface area contributed by atoms with Crippen molar-refractivity contribution >= 4 is 21.4 Å². The van der Waals surface area contributed by atoms with E-state index in [1.165, 1.54) is 25.3 Å². The van der Waals surface area contributed by atoms with Gasteiger partial charge in [0.05, 0.1) is 30.8 Å². The van der Waals surface area contributed by atoms with Crippen LogP contribution in [0.3, 0.4) is 0 Å². The minimum absolute atomic E-state index is 0.157. The van der Waals surface area contributed by atoms with Crippen LogP contribution in [0.2, 0.25) is 0 Å². The Morgan fingerprint density at radius 1 is 0.971 bits per heavy atom. The van der Waals surface area contributed by atoms with Gasteiger partial charge in [-0.1, -0.05) is 42.0 Å². The van der Waals surface area contributed by atoms with Crippen LogP contribution < -0.4 is 19.5 Å². The van der Waals surface area contributed by atoms with Crippen LogP contribution in [0.5, 0.6) is 11.5 Å². The van der Waals surface area contributed by atoms with Crippen LogP contribution in [-0.2, 0) is 10.0 Å². The molecule has 0 fully saturated rings. The maximum atomic E-state index is 13.3. The van der Waals surface area contributed by atoms with Gasteiger partial charge in [0, 0.05) is 17.7 Å². The predicted molar refractivity (Wildman–Crippen MR) is 134 cm³/mol. The zero-order valence-electron chi connectivity index (χ0n) is 19.4. The minimum atomic E-state index is -3.84. The predicted octanol–water partition coefficient (Wildman–Crippen LogP) is 5.64. The zero-order chi connectivity index (χ0) is 23.9. The zero-order valence-corrected chi connectivity index (χ0v) is 20.2. The summed E-state index contributed by atoms with van der Waals surface area (Å²) < 4.78 is 39.9. The van der Waals surface area contributed by atoms with Gasteiger partial charge >= 0.3 is 0 Å². The fraction of sp³-hybridized carbons (Fsp3) is 0.259. The monoisotopic (exact) mass is 476 g/mol. The molecule has 3 aromatic carbocycles. The smallest absolute Gasteiger partial charge is 0.262 e. The number of hydrogen-bond donors (Lipinski definition) is 2. The Hall–Kier alpha value is -3.45. The van der Waals surface area contributed by atoms with E-state index in [0.29, 0.717) is 23.1 Å². The summed E-state index contributed by atoms with van der Waals surface area (Å²) in [7, 11) is -0.806. The second-order valence-corrected chi connectivity index (χ2v) is 10.5. The first-order valence-electron chi connectivity index (χ1n) is 11.3. The summed E-state index contributed by atoms with van der Waals surface area (Å²) >= 11 is 0. The van der Waals surface area contributed by atoms with Crippen LogP contribution in [0.15, 0.2) is 77.7 Å². The number of methoxy groups -OCH3 is 2. The largest absolute Gasteiger partial charge is 0.497 e. The van der Waals surface area contributed by atoms with Crippen molar-refractivity contribution in [1.82, 2.24) is 0 Å². The van der Waals surface area contributed by atoms with Gasteiger partial charge in [-0.2, -0.15) is 0 Å². The van der Waals surface area contributed by atoms with Crippen molar-refractivity contribution in [1.29, 1.82) is 0 Å². The molecule has 7 heteroatoms. The molecule has 5 rings (SSSR count). The number of anilines is 2. The number of benzene rings is 3. The molecule has 0 saturated heterocycles. The Morgan fingerprint density at radius 3 is 2.50 bits per heavy atom. The van der Waals surface area contributed by atoms with Crippen LogP contribution in [-0.4, -0.2) is 22.6 Å². The molecule has 0 unspecified atom stereocenters. The molecule has 2 aliphatic rings. The molecule has 34 heavy (non-hydrogen) atoms. The van der Waals surface area contributed by atoms with E-state index in [9.17, 15) is 8.42 Å². The molecule has 1 aliphatic carbocycles. The number of nitrogens with one attached hydrogen (secondary N) is 2. The SMILES string of the molecule is COc1ccc(OC)c(NS(=O)(=O)c2ccc3c(c2)[C@H]2C=CC[C@H]2[C@@H](c2ccc(C)cc2)N3)c1. The van der Waals surface area contributed by atoms with Crippen molar-refractivity contribution in [3.05, 3.63) is 89.5 Å². The highest BCUT2D eigenvalue weighted by Crippen LogP contribution is 2.50. The quantitative estimate of drug-likeness (QED) is 0.450. The van der Waals surface area contributed by atoms with Crippen molar-refractivity contribution in [2.45, 2.75) is 30.2 Å². The molecule has 3 atom stereocenters. The van der Waals surface area contributed by atoms with E-state index in [-0.39, 0.29) is 16.9 Å². The molecule has 0 spiro atoms. The van der Waals surface area contributed by atoms with E-state index in [2.05, 4.69) is 53.4 Å². The lowest BCUT2D eigenvalue weighted by molar-refractivity contribution is 0.405. The van der Waals surface area contributed by atoms with E-state index in [1.807, 2.05) is 6.07 Å². The lowest BCUT2D eigenvalue weighted by atomic mass is 9.77. The summed E-state index contributed by atoms with van der Waals surface area (Å²) in [5.74, 6) is 1.45. The summed E-state index contributed by atoms with van der Waals surface area (Å²) in [5, 5.41) is 3.67. The van der Waals surface area contributed by atoms with E-state index in [4.69, 9.17) is 9.47 Å². The van der Waals surface area contributed by atoms with Crippen LogP contribution in [0.25, 0.3) is 0 Å². The van der Waals surface area contributed by atoms with Crippen LogP contribution in [0.4, 0.5) is 11.4 Å². The van der Waals surface area contributed by atoms with Crippen LogP contribution in [0.1, 0.15) is 35.1 Å². The molecular weight excluding hydrogens is 448 g/mol. The Kier molecular flexibility index (Phi) is 5.73. The number of hydrogen-bond acceptors (Lipinski definition) is 5. The molecule has 6 nitrogen and oxygen atoms in total. The van der Waals surface area contributed by atoms with Gasteiger partial charge in [0.25, 0.3) is 10.0 Å². The molecule has 0 bridgehead atoms. The molecule has 0 aromatic heterocycles.